The molecule has 172 valence electrons. The van der Waals surface area contributed by atoms with Gasteiger partial charge in [0.05, 0.1) is 6.42 Å². The summed E-state index contributed by atoms with van der Waals surface area (Å²) in [5.74, 6) is 0.0746. The molecule has 1 N–H and O–H groups in total. The van der Waals surface area contributed by atoms with Crippen molar-refractivity contribution in [3.63, 3.8) is 0 Å². The molecule has 5 heteroatoms. The Kier molecular flexibility index (Phi) is 9.08. The van der Waals surface area contributed by atoms with Gasteiger partial charge in [0.15, 0.2) is 0 Å². The minimum absolute atomic E-state index is 0.0956. The van der Waals surface area contributed by atoms with Crippen molar-refractivity contribution < 1.29 is 9.59 Å². The van der Waals surface area contributed by atoms with Crippen molar-refractivity contribution in [3.05, 3.63) is 107 Å². The molecule has 0 saturated heterocycles. The molecule has 0 unspecified atom stereocenters. The monoisotopic (exact) mass is 462 g/mol. The first-order valence-corrected chi connectivity index (χ1v) is 11.7. The zero-order valence-electron chi connectivity index (χ0n) is 19.2. The number of halogens is 1. The Bertz CT molecular complexity index is 1040. The van der Waals surface area contributed by atoms with Gasteiger partial charge < -0.3 is 10.2 Å². The van der Waals surface area contributed by atoms with Gasteiger partial charge in [0.25, 0.3) is 0 Å². The molecule has 1 atom stereocenters. The summed E-state index contributed by atoms with van der Waals surface area (Å²) in [5, 5.41) is 3.64. The van der Waals surface area contributed by atoms with Crippen molar-refractivity contribution >= 4 is 23.4 Å². The van der Waals surface area contributed by atoms with Crippen LogP contribution in [0.25, 0.3) is 0 Å². The lowest BCUT2D eigenvalue weighted by Crippen LogP contribution is -2.51. The van der Waals surface area contributed by atoms with E-state index in [4.69, 9.17) is 11.6 Å². The van der Waals surface area contributed by atoms with Crippen LogP contribution in [0.1, 0.15) is 30.5 Å². The molecule has 0 aromatic heterocycles. The first-order valence-electron chi connectivity index (χ1n) is 11.3. The summed E-state index contributed by atoms with van der Waals surface area (Å²) in [7, 11) is 0. The fraction of sp³-hybridized carbons (Fsp3) is 0.286. The molecule has 0 aliphatic heterocycles. The van der Waals surface area contributed by atoms with E-state index in [0.29, 0.717) is 30.5 Å². The van der Waals surface area contributed by atoms with Gasteiger partial charge in [-0.3, -0.25) is 9.59 Å². The molecule has 2 amide bonds. The van der Waals surface area contributed by atoms with E-state index in [1.165, 1.54) is 0 Å². The third-order valence-corrected chi connectivity index (χ3v) is 5.63. The number of nitrogens with zero attached hydrogens (tertiary/aromatic N) is 1. The molecule has 0 saturated carbocycles. The molecular formula is C28H31ClN2O2. The smallest absolute Gasteiger partial charge is 0.243 e. The highest BCUT2D eigenvalue weighted by atomic mass is 35.5. The van der Waals surface area contributed by atoms with Gasteiger partial charge in [0, 0.05) is 24.5 Å². The van der Waals surface area contributed by atoms with Crippen LogP contribution >= 0.6 is 11.6 Å². The fourth-order valence-electron chi connectivity index (χ4n) is 3.68. The summed E-state index contributed by atoms with van der Waals surface area (Å²) < 4.78 is 0. The molecule has 4 nitrogen and oxygen atoms in total. The second kappa shape index (κ2) is 12.2. The number of hydrogen-bond donors (Lipinski definition) is 1. The number of rotatable bonds is 10. The summed E-state index contributed by atoms with van der Waals surface area (Å²) in [5.41, 5.74) is 2.81. The molecular weight excluding hydrogens is 432 g/mol. The van der Waals surface area contributed by atoms with Gasteiger partial charge in [-0.05, 0) is 34.7 Å². The topological polar surface area (TPSA) is 49.4 Å². The average Bonchev–Trinajstić information content (AvgIpc) is 2.81. The van der Waals surface area contributed by atoms with Gasteiger partial charge in [-0.2, -0.15) is 0 Å². The van der Waals surface area contributed by atoms with Gasteiger partial charge in [0.2, 0.25) is 11.8 Å². The van der Waals surface area contributed by atoms with Crippen LogP contribution in [0.15, 0.2) is 84.9 Å². The lowest BCUT2D eigenvalue weighted by Gasteiger charge is -2.32. The largest absolute Gasteiger partial charge is 0.354 e. The summed E-state index contributed by atoms with van der Waals surface area (Å²) in [6.45, 7) is 4.97. The molecule has 0 fully saturated rings. The highest BCUT2D eigenvalue weighted by Crippen LogP contribution is 2.19. The Morgan fingerprint density at radius 2 is 1.45 bits per heavy atom. The Labute approximate surface area is 201 Å². The maximum Gasteiger partial charge on any atom is 0.243 e. The van der Waals surface area contributed by atoms with Crippen LogP contribution in [-0.4, -0.2) is 29.3 Å². The van der Waals surface area contributed by atoms with Crippen molar-refractivity contribution in [1.82, 2.24) is 10.2 Å². The first kappa shape index (κ1) is 24.5. The molecule has 0 spiro atoms. The lowest BCUT2D eigenvalue weighted by atomic mass is 10.0. The van der Waals surface area contributed by atoms with Crippen molar-refractivity contribution in [3.8, 4) is 0 Å². The molecule has 0 bridgehead atoms. The minimum Gasteiger partial charge on any atom is -0.354 e. The maximum atomic E-state index is 13.6. The number of benzene rings is 3. The first-order chi connectivity index (χ1) is 15.9. The SMILES string of the molecule is CC(C)CNC(=O)[C@@H](Cc1ccccc1)N(Cc1cccc(Cl)c1)C(=O)Cc1ccccc1. The molecule has 33 heavy (non-hydrogen) atoms. The lowest BCUT2D eigenvalue weighted by molar-refractivity contribution is -0.140. The van der Waals surface area contributed by atoms with E-state index < -0.39 is 6.04 Å². The van der Waals surface area contributed by atoms with Crippen molar-refractivity contribution in [2.45, 2.75) is 39.3 Å². The fourth-order valence-corrected chi connectivity index (χ4v) is 3.89. The van der Waals surface area contributed by atoms with Gasteiger partial charge in [0.1, 0.15) is 6.04 Å². The van der Waals surface area contributed by atoms with Gasteiger partial charge in [-0.1, -0.05) is 98.2 Å². The van der Waals surface area contributed by atoms with Gasteiger partial charge >= 0.3 is 0 Å². The van der Waals surface area contributed by atoms with Crippen LogP contribution in [-0.2, 0) is 29.0 Å². The Balaban J connectivity index is 1.94. The molecule has 0 aliphatic rings. The normalized spacial score (nSPS) is 11.8. The standard InChI is InChI=1S/C28H31ClN2O2/c1-21(2)19-30-28(33)26(17-22-10-5-3-6-11-22)31(20-24-14-9-15-25(29)16-24)27(32)18-23-12-7-4-8-13-23/h3-16,21,26H,17-20H2,1-2H3,(H,30,33)/t26-/m1/s1. The van der Waals surface area contributed by atoms with Gasteiger partial charge in [-0.15, -0.1) is 0 Å². The van der Waals surface area contributed by atoms with Crippen LogP contribution in [0.2, 0.25) is 5.02 Å². The predicted molar refractivity (Wildman–Crippen MR) is 134 cm³/mol. The molecule has 0 aliphatic carbocycles. The molecule has 3 aromatic carbocycles. The summed E-state index contributed by atoms with van der Waals surface area (Å²) in [4.78, 5) is 28.7. The predicted octanol–water partition coefficient (Wildman–Crippen LogP) is 5.29. The van der Waals surface area contributed by atoms with E-state index in [0.717, 1.165) is 16.7 Å². The zero-order chi connectivity index (χ0) is 23.6. The van der Waals surface area contributed by atoms with Crippen LogP contribution in [0.5, 0.6) is 0 Å². The van der Waals surface area contributed by atoms with Crippen molar-refractivity contribution in [2.75, 3.05) is 6.54 Å². The minimum atomic E-state index is -0.638. The molecule has 0 radical (unpaired) electrons. The number of carbonyl (C=O) groups is 2. The Morgan fingerprint density at radius 1 is 0.848 bits per heavy atom. The number of nitrogens with one attached hydrogen (secondary N) is 1. The number of carbonyl (C=O) groups excluding carboxylic acids is 2. The summed E-state index contributed by atoms with van der Waals surface area (Å²) in [6, 6.07) is 26.2. The average molecular weight is 463 g/mol. The maximum absolute atomic E-state index is 13.6. The van der Waals surface area contributed by atoms with E-state index in [-0.39, 0.29) is 18.2 Å². The van der Waals surface area contributed by atoms with E-state index in [9.17, 15) is 9.59 Å². The van der Waals surface area contributed by atoms with Crippen molar-refractivity contribution in [1.29, 1.82) is 0 Å². The Hall–Kier alpha value is -3.11. The van der Waals surface area contributed by atoms with Crippen molar-refractivity contribution in [2.24, 2.45) is 5.92 Å². The quantitative estimate of drug-likeness (QED) is 0.444. The third-order valence-electron chi connectivity index (χ3n) is 5.40. The zero-order valence-corrected chi connectivity index (χ0v) is 20.0. The van der Waals surface area contributed by atoms with E-state index in [1.54, 1.807) is 11.0 Å². The van der Waals surface area contributed by atoms with Crippen LogP contribution in [0.4, 0.5) is 0 Å². The van der Waals surface area contributed by atoms with E-state index in [2.05, 4.69) is 19.2 Å². The van der Waals surface area contributed by atoms with Crippen LogP contribution in [0, 0.1) is 5.92 Å². The second-order valence-electron chi connectivity index (χ2n) is 8.66. The summed E-state index contributed by atoms with van der Waals surface area (Å²) in [6.07, 6.45) is 0.663. The van der Waals surface area contributed by atoms with Gasteiger partial charge in [-0.25, -0.2) is 0 Å². The summed E-state index contributed by atoms with van der Waals surface area (Å²) >= 11 is 6.21. The highest BCUT2D eigenvalue weighted by molar-refractivity contribution is 6.30. The third kappa shape index (κ3) is 7.76. The highest BCUT2D eigenvalue weighted by Gasteiger charge is 2.30. The van der Waals surface area contributed by atoms with E-state index in [1.807, 2.05) is 78.9 Å². The molecule has 0 heterocycles. The van der Waals surface area contributed by atoms with Crippen LogP contribution in [0.3, 0.4) is 0 Å². The second-order valence-corrected chi connectivity index (χ2v) is 9.09. The molecule has 3 aromatic rings. The van der Waals surface area contributed by atoms with E-state index >= 15 is 0 Å². The van der Waals surface area contributed by atoms with Crippen LogP contribution < -0.4 is 5.32 Å². The number of amides is 2. The number of hydrogen-bond acceptors (Lipinski definition) is 2. The molecule has 3 rings (SSSR count). The Morgan fingerprint density at radius 3 is 2.06 bits per heavy atom.